The van der Waals surface area contributed by atoms with Gasteiger partial charge in [-0.25, -0.2) is 4.98 Å². The van der Waals surface area contributed by atoms with Crippen molar-refractivity contribution in [3.63, 3.8) is 0 Å². The fourth-order valence-corrected chi connectivity index (χ4v) is 2.04. The number of hydrogen-bond donors (Lipinski definition) is 2. The van der Waals surface area contributed by atoms with E-state index < -0.39 is 0 Å². The Kier molecular flexibility index (Phi) is 3.51. The zero-order valence-corrected chi connectivity index (χ0v) is 11.4. The minimum Gasteiger partial charge on any atom is -0.384 e. The maximum atomic E-state index is 7.55. The van der Waals surface area contributed by atoms with Crippen LogP contribution in [0.25, 0.3) is 0 Å². The Morgan fingerprint density at radius 1 is 1.21 bits per heavy atom. The predicted molar refractivity (Wildman–Crippen MR) is 79.2 cm³/mol. The number of nitrogens with zero attached hydrogens (tertiary/aromatic N) is 2. The number of aromatic nitrogens is 1. The predicted octanol–water partition coefficient (Wildman–Crippen LogP) is 2.75. The van der Waals surface area contributed by atoms with Crippen molar-refractivity contribution in [1.29, 1.82) is 5.41 Å². The second-order valence-corrected chi connectivity index (χ2v) is 4.61. The van der Waals surface area contributed by atoms with Gasteiger partial charge in [0.15, 0.2) is 0 Å². The van der Waals surface area contributed by atoms with Crippen LogP contribution in [-0.4, -0.2) is 17.9 Å². The Balaban J connectivity index is 2.47. The molecule has 0 amide bonds. The average Bonchev–Trinajstić information content (AvgIpc) is 2.37. The van der Waals surface area contributed by atoms with E-state index in [0.717, 1.165) is 17.2 Å². The number of pyridine rings is 1. The summed E-state index contributed by atoms with van der Waals surface area (Å²) < 4.78 is 0. The summed E-state index contributed by atoms with van der Waals surface area (Å²) in [7, 11) is 1.97. The highest BCUT2D eigenvalue weighted by Crippen LogP contribution is 2.25. The summed E-state index contributed by atoms with van der Waals surface area (Å²) >= 11 is 0. The van der Waals surface area contributed by atoms with Crippen LogP contribution in [0.1, 0.15) is 16.8 Å². The SMILES string of the molecule is Cc1cc(C(=N)N)cc(N(C)c2ccccc2C)n1. The summed E-state index contributed by atoms with van der Waals surface area (Å²) in [6, 6.07) is 11.8. The van der Waals surface area contributed by atoms with Crippen molar-refractivity contribution in [2.45, 2.75) is 13.8 Å². The summed E-state index contributed by atoms with van der Waals surface area (Å²) in [6.07, 6.45) is 0. The zero-order valence-electron chi connectivity index (χ0n) is 11.4. The number of para-hydroxylation sites is 1. The Labute approximate surface area is 113 Å². The van der Waals surface area contributed by atoms with Crippen molar-refractivity contribution in [2.24, 2.45) is 5.73 Å². The number of anilines is 2. The topological polar surface area (TPSA) is 66.0 Å². The molecule has 1 aromatic heterocycles. The highest BCUT2D eigenvalue weighted by Gasteiger charge is 2.10. The molecule has 2 aromatic rings. The largest absolute Gasteiger partial charge is 0.384 e. The van der Waals surface area contributed by atoms with Gasteiger partial charge in [0.2, 0.25) is 0 Å². The first-order valence-corrected chi connectivity index (χ1v) is 6.11. The third-order valence-electron chi connectivity index (χ3n) is 3.07. The molecule has 3 N–H and O–H groups in total. The normalized spacial score (nSPS) is 10.3. The van der Waals surface area contributed by atoms with Crippen molar-refractivity contribution in [3.8, 4) is 0 Å². The molecule has 0 saturated heterocycles. The Bertz CT molecular complexity index is 619. The zero-order chi connectivity index (χ0) is 14.0. The van der Waals surface area contributed by atoms with Crippen LogP contribution in [-0.2, 0) is 0 Å². The monoisotopic (exact) mass is 254 g/mol. The van der Waals surface area contributed by atoms with E-state index in [1.807, 2.05) is 49.2 Å². The van der Waals surface area contributed by atoms with Gasteiger partial charge in [0.05, 0.1) is 0 Å². The Morgan fingerprint density at radius 2 is 1.89 bits per heavy atom. The molecule has 0 radical (unpaired) electrons. The Hall–Kier alpha value is -2.36. The van der Waals surface area contributed by atoms with Crippen molar-refractivity contribution in [2.75, 3.05) is 11.9 Å². The maximum Gasteiger partial charge on any atom is 0.133 e. The van der Waals surface area contributed by atoms with Crippen LogP contribution >= 0.6 is 0 Å². The van der Waals surface area contributed by atoms with Crippen molar-refractivity contribution >= 4 is 17.3 Å². The first kappa shape index (κ1) is 13.1. The third-order valence-corrected chi connectivity index (χ3v) is 3.07. The van der Waals surface area contributed by atoms with E-state index in [-0.39, 0.29) is 5.84 Å². The van der Waals surface area contributed by atoms with Crippen molar-refractivity contribution in [3.05, 3.63) is 53.2 Å². The molecule has 19 heavy (non-hydrogen) atoms. The van der Waals surface area contributed by atoms with E-state index >= 15 is 0 Å². The lowest BCUT2D eigenvalue weighted by molar-refractivity contribution is 1.08. The number of nitrogens with two attached hydrogens (primary N) is 1. The summed E-state index contributed by atoms with van der Waals surface area (Å²) in [5, 5.41) is 7.55. The Morgan fingerprint density at radius 3 is 2.53 bits per heavy atom. The molecule has 0 aliphatic heterocycles. The van der Waals surface area contributed by atoms with Crippen LogP contribution < -0.4 is 10.6 Å². The first-order chi connectivity index (χ1) is 8.99. The molecule has 0 unspecified atom stereocenters. The van der Waals surface area contributed by atoms with Gasteiger partial charge in [-0.05, 0) is 37.6 Å². The number of rotatable bonds is 3. The maximum absolute atomic E-state index is 7.55. The average molecular weight is 254 g/mol. The molecule has 2 rings (SSSR count). The quantitative estimate of drug-likeness (QED) is 0.654. The molecule has 0 fully saturated rings. The van der Waals surface area contributed by atoms with E-state index in [1.54, 1.807) is 0 Å². The molecule has 1 aromatic carbocycles. The molecular formula is C15H18N4. The van der Waals surface area contributed by atoms with Gasteiger partial charge in [0.25, 0.3) is 0 Å². The lowest BCUT2D eigenvalue weighted by Gasteiger charge is -2.21. The summed E-state index contributed by atoms with van der Waals surface area (Å²) in [5.41, 5.74) is 9.38. The minimum absolute atomic E-state index is 0.0601. The molecule has 0 atom stereocenters. The van der Waals surface area contributed by atoms with Gasteiger partial charge < -0.3 is 10.6 Å². The lowest BCUT2D eigenvalue weighted by Crippen LogP contribution is -2.16. The third kappa shape index (κ3) is 2.73. The summed E-state index contributed by atoms with van der Waals surface area (Å²) in [5.74, 6) is 0.851. The second kappa shape index (κ2) is 5.10. The number of nitrogens with one attached hydrogen (secondary N) is 1. The van der Waals surface area contributed by atoms with E-state index in [2.05, 4.69) is 18.0 Å². The highest BCUT2D eigenvalue weighted by molar-refractivity contribution is 5.95. The minimum atomic E-state index is 0.0601. The molecule has 0 aliphatic carbocycles. The van der Waals surface area contributed by atoms with Crippen molar-refractivity contribution < 1.29 is 0 Å². The molecule has 1 heterocycles. The number of amidine groups is 1. The summed E-state index contributed by atoms with van der Waals surface area (Å²) in [6.45, 7) is 3.97. The number of hydrogen-bond acceptors (Lipinski definition) is 3. The molecule has 98 valence electrons. The van der Waals surface area contributed by atoms with Gasteiger partial charge in [0, 0.05) is 24.0 Å². The van der Waals surface area contributed by atoms with Gasteiger partial charge in [-0.3, -0.25) is 5.41 Å². The van der Waals surface area contributed by atoms with Gasteiger partial charge >= 0.3 is 0 Å². The fourth-order valence-electron chi connectivity index (χ4n) is 2.04. The molecule has 0 saturated carbocycles. The molecule has 0 spiro atoms. The van der Waals surface area contributed by atoms with Gasteiger partial charge in [-0.1, -0.05) is 18.2 Å². The highest BCUT2D eigenvalue weighted by atomic mass is 15.2. The molecule has 0 aliphatic rings. The first-order valence-electron chi connectivity index (χ1n) is 6.11. The van der Waals surface area contributed by atoms with Crippen LogP contribution in [0.4, 0.5) is 11.5 Å². The van der Waals surface area contributed by atoms with E-state index in [9.17, 15) is 0 Å². The molecule has 4 nitrogen and oxygen atoms in total. The van der Waals surface area contributed by atoms with Crippen molar-refractivity contribution in [1.82, 2.24) is 4.98 Å². The van der Waals surface area contributed by atoms with Gasteiger partial charge in [-0.2, -0.15) is 0 Å². The van der Waals surface area contributed by atoms with Crippen LogP contribution in [0.5, 0.6) is 0 Å². The van der Waals surface area contributed by atoms with Crippen LogP contribution in [0.3, 0.4) is 0 Å². The van der Waals surface area contributed by atoms with Crippen LogP contribution in [0.2, 0.25) is 0 Å². The van der Waals surface area contributed by atoms with E-state index in [0.29, 0.717) is 5.56 Å². The number of benzene rings is 1. The molecule has 4 heteroatoms. The second-order valence-electron chi connectivity index (χ2n) is 4.61. The summed E-state index contributed by atoms with van der Waals surface area (Å²) in [4.78, 5) is 6.52. The standard InChI is InChI=1S/C15H18N4/c1-10-6-4-5-7-13(10)19(3)14-9-12(15(16)17)8-11(2)18-14/h4-9H,1-3H3,(H3,16,17). The van der Waals surface area contributed by atoms with E-state index in [1.165, 1.54) is 5.56 Å². The van der Waals surface area contributed by atoms with E-state index in [4.69, 9.17) is 11.1 Å². The van der Waals surface area contributed by atoms with Crippen LogP contribution in [0, 0.1) is 19.3 Å². The molecule has 0 bridgehead atoms. The molecular weight excluding hydrogens is 236 g/mol. The van der Waals surface area contributed by atoms with Crippen LogP contribution in [0.15, 0.2) is 36.4 Å². The van der Waals surface area contributed by atoms with Gasteiger partial charge in [0.1, 0.15) is 11.7 Å². The van der Waals surface area contributed by atoms with Gasteiger partial charge in [-0.15, -0.1) is 0 Å². The fraction of sp³-hybridized carbons (Fsp3) is 0.200. The smallest absolute Gasteiger partial charge is 0.133 e. The lowest BCUT2D eigenvalue weighted by atomic mass is 10.1. The number of aryl methyl sites for hydroxylation is 2. The number of nitrogen functional groups attached to an aromatic ring is 1.